The van der Waals surface area contributed by atoms with E-state index in [0.29, 0.717) is 42.5 Å². The maximum atomic E-state index is 12.7. The molecule has 27 heavy (non-hydrogen) atoms. The maximum Gasteiger partial charge on any atom is 0.261 e. The molecule has 1 amide bonds. The second kappa shape index (κ2) is 10.9. The summed E-state index contributed by atoms with van der Waals surface area (Å²) in [5.41, 5.74) is 1.49. The molecule has 6 heteroatoms. The van der Waals surface area contributed by atoms with Crippen LogP contribution in [0, 0.1) is 11.3 Å². The normalized spacial score (nSPS) is 9.93. The average molecular weight is 382 g/mol. The van der Waals surface area contributed by atoms with Crippen LogP contribution in [0.1, 0.15) is 35.7 Å². The number of rotatable bonds is 8. The van der Waals surface area contributed by atoms with Gasteiger partial charge < -0.3 is 9.64 Å². The van der Waals surface area contributed by atoms with E-state index in [0.717, 1.165) is 12.0 Å². The number of nitrogens with one attached hydrogen (secondary N) is 1. The monoisotopic (exact) mass is 381 g/mol. The first-order valence-corrected chi connectivity index (χ1v) is 9.29. The lowest BCUT2D eigenvalue weighted by atomic mass is 10.2. The van der Waals surface area contributed by atoms with E-state index in [9.17, 15) is 4.79 Å². The van der Waals surface area contributed by atoms with E-state index in [1.54, 1.807) is 18.2 Å². The Balaban J connectivity index is 2.09. The van der Waals surface area contributed by atoms with Crippen molar-refractivity contribution in [2.24, 2.45) is 0 Å². The van der Waals surface area contributed by atoms with Crippen LogP contribution in [0.15, 0.2) is 54.6 Å². The third-order valence-corrected chi connectivity index (χ3v) is 4.17. The number of nitriles is 1. The van der Waals surface area contributed by atoms with Gasteiger partial charge in [0.05, 0.1) is 24.7 Å². The number of hydrogen-bond donors (Lipinski definition) is 1. The number of carbonyl (C=O) groups excluding carboxylic acids is 1. The van der Waals surface area contributed by atoms with Crippen molar-refractivity contribution in [2.75, 3.05) is 13.2 Å². The van der Waals surface area contributed by atoms with E-state index in [1.807, 2.05) is 48.2 Å². The summed E-state index contributed by atoms with van der Waals surface area (Å²) in [6.45, 7) is 3.51. The number of nitrogens with zero attached hydrogens (tertiary/aromatic N) is 2. The summed E-state index contributed by atoms with van der Waals surface area (Å²) in [7, 11) is 0. The highest BCUT2D eigenvalue weighted by molar-refractivity contribution is 7.80. The van der Waals surface area contributed by atoms with E-state index in [1.165, 1.54) is 0 Å². The molecule has 5 nitrogen and oxygen atoms in total. The van der Waals surface area contributed by atoms with E-state index in [-0.39, 0.29) is 5.91 Å². The van der Waals surface area contributed by atoms with Gasteiger partial charge in [0.25, 0.3) is 5.91 Å². The van der Waals surface area contributed by atoms with E-state index < -0.39 is 0 Å². The van der Waals surface area contributed by atoms with Gasteiger partial charge in [0.2, 0.25) is 0 Å². The van der Waals surface area contributed by atoms with E-state index in [2.05, 4.69) is 11.4 Å². The molecule has 2 rings (SSSR count). The fourth-order valence-electron chi connectivity index (χ4n) is 2.48. The number of hydrogen-bond acceptors (Lipinski definition) is 4. The van der Waals surface area contributed by atoms with Gasteiger partial charge in [0.1, 0.15) is 5.75 Å². The van der Waals surface area contributed by atoms with Gasteiger partial charge in [-0.1, -0.05) is 49.4 Å². The molecule has 1 N–H and O–H groups in total. The average Bonchev–Trinajstić information content (AvgIpc) is 2.70. The molecule has 0 heterocycles. The Labute approximate surface area is 165 Å². The standard InChI is InChI=1S/C21H23N3O2S/c1-2-15-26-19-12-7-6-11-18(19)20(25)23-21(27)24(14-8-13-22)16-17-9-4-3-5-10-17/h3-7,9-12H,2,8,14-16H2,1H3,(H,23,25,27). The van der Waals surface area contributed by atoms with Gasteiger partial charge >= 0.3 is 0 Å². The summed E-state index contributed by atoms with van der Waals surface area (Å²) in [5.74, 6) is 0.216. The van der Waals surface area contributed by atoms with Crippen molar-refractivity contribution in [1.29, 1.82) is 5.26 Å². The Hall–Kier alpha value is -2.91. The van der Waals surface area contributed by atoms with Crippen molar-refractivity contribution in [3.8, 4) is 11.8 Å². The number of ether oxygens (including phenoxy) is 1. The lowest BCUT2D eigenvalue weighted by Gasteiger charge is -2.25. The molecular weight excluding hydrogens is 358 g/mol. The van der Waals surface area contributed by atoms with Crippen molar-refractivity contribution in [1.82, 2.24) is 10.2 Å². The summed E-state index contributed by atoms with van der Waals surface area (Å²) < 4.78 is 5.65. The summed E-state index contributed by atoms with van der Waals surface area (Å²) in [4.78, 5) is 14.5. The highest BCUT2D eigenvalue weighted by Crippen LogP contribution is 2.18. The Kier molecular flexibility index (Phi) is 8.27. The number of thiocarbonyl (C=S) groups is 1. The maximum absolute atomic E-state index is 12.7. The van der Waals surface area contributed by atoms with Crippen molar-refractivity contribution >= 4 is 23.2 Å². The molecule has 0 bridgehead atoms. The molecule has 0 radical (unpaired) electrons. The van der Waals surface area contributed by atoms with Crippen LogP contribution >= 0.6 is 12.2 Å². The first-order chi connectivity index (χ1) is 13.2. The molecule has 0 atom stereocenters. The summed E-state index contributed by atoms with van der Waals surface area (Å²) in [5, 5.41) is 12.0. The minimum Gasteiger partial charge on any atom is -0.493 e. The largest absolute Gasteiger partial charge is 0.493 e. The molecule has 0 unspecified atom stereocenters. The second-order valence-corrected chi connectivity index (χ2v) is 6.31. The molecule has 0 aliphatic carbocycles. The molecule has 0 aromatic heterocycles. The van der Waals surface area contributed by atoms with Gasteiger partial charge in [-0.2, -0.15) is 5.26 Å². The lowest BCUT2D eigenvalue weighted by molar-refractivity contribution is 0.0969. The van der Waals surface area contributed by atoms with Crippen molar-refractivity contribution in [3.05, 3.63) is 65.7 Å². The van der Waals surface area contributed by atoms with Crippen LogP contribution < -0.4 is 10.1 Å². The van der Waals surface area contributed by atoms with Crippen molar-refractivity contribution in [3.63, 3.8) is 0 Å². The minimum absolute atomic E-state index is 0.296. The van der Waals surface area contributed by atoms with Crippen LogP contribution in [0.4, 0.5) is 0 Å². The van der Waals surface area contributed by atoms with Gasteiger partial charge in [-0.15, -0.1) is 0 Å². The van der Waals surface area contributed by atoms with E-state index in [4.69, 9.17) is 22.2 Å². The Morgan fingerprint density at radius 3 is 2.59 bits per heavy atom. The number of benzene rings is 2. The fraction of sp³-hybridized carbons (Fsp3) is 0.286. The first-order valence-electron chi connectivity index (χ1n) is 8.88. The Morgan fingerprint density at radius 1 is 1.19 bits per heavy atom. The van der Waals surface area contributed by atoms with Crippen LogP contribution in [0.5, 0.6) is 5.75 Å². The van der Waals surface area contributed by atoms with Crippen LogP contribution in [-0.2, 0) is 6.54 Å². The lowest BCUT2D eigenvalue weighted by Crippen LogP contribution is -2.42. The zero-order valence-electron chi connectivity index (χ0n) is 15.4. The van der Waals surface area contributed by atoms with E-state index >= 15 is 0 Å². The van der Waals surface area contributed by atoms with Crippen LogP contribution in [0.2, 0.25) is 0 Å². The van der Waals surface area contributed by atoms with Crippen molar-refractivity contribution < 1.29 is 9.53 Å². The molecule has 0 aliphatic heterocycles. The molecule has 0 spiro atoms. The third-order valence-electron chi connectivity index (χ3n) is 3.81. The molecule has 0 saturated carbocycles. The number of para-hydroxylation sites is 1. The van der Waals surface area contributed by atoms with Gasteiger partial charge in [-0.25, -0.2) is 0 Å². The summed E-state index contributed by atoms with van der Waals surface area (Å²) >= 11 is 5.44. The van der Waals surface area contributed by atoms with Crippen molar-refractivity contribution in [2.45, 2.75) is 26.3 Å². The van der Waals surface area contributed by atoms with Gasteiger partial charge in [0.15, 0.2) is 5.11 Å². The zero-order chi connectivity index (χ0) is 19.5. The molecule has 0 fully saturated rings. The molecular formula is C21H23N3O2S. The van der Waals surface area contributed by atoms with Gasteiger partial charge in [0, 0.05) is 13.1 Å². The predicted molar refractivity (Wildman–Crippen MR) is 109 cm³/mol. The topological polar surface area (TPSA) is 65.4 Å². The molecule has 2 aromatic carbocycles. The predicted octanol–water partition coefficient (Wildman–Crippen LogP) is 3.91. The number of amides is 1. The van der Waals surface area contributed by atoms with Crippen LogP contribution in [-0.4, -0.2) is 29.1 Å². The van der Waals surface area contributed by atoms with Crippen LogP contribution in [0.3, 0.4) is 0 Å². The fourth-order valence-corrected chi connectivity index (χ4v) is 2.73. The van der Waals surface area contributed by atoms with Gasteiger partial charge in [-0.3, -0.25) is 10.1 Å². The quantitative estimate of drug-likeness (QED) is 0.703. The third kappa shape index (κ3) is 6.39. The SMILES string of the molecule is CCCOc1ccccc1C(=O)NC(=S)N(CCC#N)Cc1ccccc1. The number of carbonyl (C=O) groups is 1. The molecule has 0 saturated heterocycles. The molecule has 140 valence electrons. The second-order valence-electron chi connectivity index (χ2n) is 5.92. The zero-order valence-corrected chi connectivity index (χ0v) is 16.2. The highest BCUT2D eigenvalue weighted by atomic mass is 32.1. The minimum atomic E-state index is -0.318. The summed E-state index contributed by atoms with van der Waals surface area (Å²) in [6.07, 6.45) is 1.17. The Bertz CT molecular complexity index is 803. The smallest absolute Gasteiger partial charge is 0.261 e. The first kappa shape index (κ1) is 20.4. The summed E-state index contributed by atoms with van der Waals surface area (Å²) in [6, 6.07) is 19.0. The van der Waals surface area contributed by atoms with Crippen LogP contribution in [0.25, 0.3) is 0 Å². The van der Waals surface area contributed by atoms with Gasteiger partial charge in [-0.05, 0) is 36.3 Å². The molecule has 2 aromatic rings. The highest BCUT2D eigenvalue weighted by Gasteiger charge is 2.17. The Morgan fingerprint density at radius 2 is 1.89 bits per heavy atom. The molecule has 0 aliphatic rings.